The average Bonchev–Trinajstić information content (AvgIpc) is 2.75. The zero-order valence-electron chi connectivity index (χ0n) is 18.2. The summed E-state index contributed by atoms with van der Waals surface area (Å²) in [4.78, 5) is 0. The number of benzene rings is 1. The van der Waals surface area contributed by atoms with Crippen molar-refractivity contribution < 1.29 is 31.5 Å². The summed E-state index contributed by atoms with van der Waals surface area (Å²) in [5.74, 6) is -13.6. The maximum Gasteiger partial charge on any atom is 0.200 e. The number of rotatable bonds is 12. The quantitative estimate of drug-likeness (QED) is 0.124. The van der Waals surface area contributed by atoms with Crippen LogP contribution in [0.15, 0.2) is 0 Å². The molecule has 0 spiro atoms. The Balaban J connectivity index is 0.000000571. The molecule has 0 N–H and O–H groups in total. The van der Waals surface area contributed by atoms with Gasteiger partial charge in [-0.3, -0.25) is 0 Å². The maximum atomic E-state index is 12.1. The molecule has 170 valence electrons. The van der Waals surface area contributed by atoms with Gasteiger partial charge in [0.15, 0.2) is 29.1 Å². The van der Waals surface area contributed by atoms with Crippen LogP contribution in [0.3, 0.4) is 0 Å². The van der Waals surface area contributed by atoms with Crippen molar-refractivity contribution in [3.8, 4) is 5.75 Å². The fourth-order valence-electron chi connectivity index (χ4n) is 3.31. The van der Waals surface area contributed by atoms with E-state index in [9.17, 15) is 27.1 Å². The molecule has 2 nitrogen and oxygen atoms in total. The number of nitrogens with zero attached hydrogens (tertiary/aromatic N) is 1. The Morgan fingerprint density at radius 1 is 0.552 bits per heavy atom. The summed E-state index contributed by atoms with van der Waals surface area (Å²) in [6.45, 7) is 14.7. The highest BCUT2D eigenvalue weighted by Gasteiger charge is 2.20. The molecule has 0 unspecified atom stereocenters. The number of hydrogen-bond donors (Lipinski definition) is 0. The second-order valence-corrected chi connectivity index (χ2v) is 7.39. The van der Waals surface area contributed by atoms with Gasteiger partial charge < -0.3 is 9.59 Å². The van der Waals surface area contributed by atoms with Crippen molar-refractivity contribution in [2.24, 2.45) is 0 Å². The second-order valence-electron chi connectivity index (χ2n) is 7.39. The molecule has 0 fully saturated rings. The molecule has 1 aromatic carbocycles. The van der Waals surface area contributed by atoms with Crippen molar-refractivity contribution in [3.05, 3.63) is 29.1 Å². The van der Waals surface area contributed by atoms with E-state index in [1.54, 1.807) is 0 Å². The molecule has 0 aliphatic rings. The van der Waals surface area contributed by atoms with Gasteiger partial charge in [-0.25, -0.2) is 22.0 Å². The molecule has 0 atom stereocenters. The van der Waals surface area contributed by atoms with E-state index in [0.717, 1.165) is 0 Å². The van der Waals surface area contributed by atoms with Crippen LogP contribution in [-0.4, -0.2) is 30.7 Å². The highest BCUT2D eigenvalue weighted by Crippen LogP contribution is 2.25. The summed E-state index contributed by atoms with van der Waals surface area (Å²) >= 11 is 0. The monoisotopic (exact) mass is 425 g/mol. The van der Waals surface area contributed by atoms with Gasteiger partial charge in [-0.15, -0.1) is 0 Å². The van der Waals surface area contributed by atoms with Crippen LogP contribution in [0.2, 0.25) is 0 Å². The molecule has 1 aromatic rings. The standard InChI is InChI=1S/C16H36N.C6HF5O/c1-5-9-10-11-12-13-14-15-16-17(6-2,7-3)8-4;7-1-2(8)4(10)6(12)5(11)3(1)9/h5-16H2,1-4H3;12H/q+1;/p-1. The predicted molar refractivity (Wildman–Crippen MR) is 105 cm³/mol. The lowest BCUT2D eigenvalue weighted by molar-refractivity contribution is -0.923. The third-order valence-electron chi connectivity index (χ3n) is 5.67. The van der Waals surface area contributed by atoms with E-state index >= 15 is 0 Å². The van der Waals surface area contributed by atoms with Crippen molar-refractivity contribution in [2.45, 2.75) is 79.1 Å². The first-order chi connectivity index (χ1) is 13.7. The van der Waals surface area contributed by atoms with E-state index in [0.29, 0.717) is 0 Å². The fourth-order valence-corrected chi connectivity index (χ4v) is 3.31. The van der Waals surface area contributed by atoms with Crippen molar-refractivity contribution >= 4 is 0 Å². The molecule has 7 heteroatoms. The molecule has 0 aromatic heterocycles. The Kier molecular flexibility index (Phi) is 13.9. The summed E-state index contributed by atoms with van der Waals surface area (Å²) < 4.78 is 61.7. The summed E-state index contributed by atoms with van der Waals surface area (Å²) in [7, 11) is 0. The van der Waals surface area contributed by atoms with Gasteiger partial charge in [0.25, 0.3) is 0 Å². The van der Waals surface area contributed by atoms with E-state index in [4.69, 9.17) is 0 Å². The van der Waals surface area contributed by atoms with E-state index < -0.39 is 34.8 Å². The molecule has 0 heterocycles. The number of quaternary nitrogens is 1. The topological polar surface area (TPSA) is 23.1 Å². The van der Waals surface area contributed by atoms with Crippen LogP contribution in [-0.2, 0) is 0 Å². The maximum absolute atomic E-state index is 12.1. The van der Waals surface area contributed by atoms with Crippen LogP contribution < -0.4 is 5.11 Å². The van der Waals surface area contributed by atoms with Gasteiger partial charge >= 0.3 is 0 Å². The molecular formula is C22H36F5NO. The smallest absolute Gasteiger partial charge is 0.200 e. The third-order valence-corrected chi connectivity index (χ3v) is 5.67. The fraction of sp³-hybridized carbons (Fsp3) is 0.727. The van der Waals surface area contributed by atoms with Gasteiger partial charge in [-0.1, -0.05) is 45.4 Å². The van der Waals surface area contributed by atoms with Gasteiger partial charge in [0, 0.05) is 0 Å². The molecule has 0 bridgehead atoms. The van der Waals surface area contributed by atoms with Crippen LogP contribution in [0, 0.1) is 29.1 Å². The molecule has 0 radical (unpaired) electrons. The minimum absolute atomic E-state index is 1.31. The molecule has 1 rings (SSSR count). The lowest BCUT2D eigenvalue weighted by atomic mass is 10.1. The van der Waals surface area contributed by atoms with Crippen molar-refractivity contribution in [2.75, 3.05) is 26.2 Å². The summed E-state index contributed by atoms with van der Waals surface area (Å²) in [5.41, 5.74) is 0. The Bertz CT molecular complexity index is 478. The van der Waals surface area contributed by atoms with Gasteiger partial charge in [0.1, 0.15) is 0 Å². The van der Waals surface area contributed by atoms with Gasteiger partial charge in [0.05, 0.1) is 26.2 Å². The molecule has 0 aliphatic carbocycles. The zero-order chi connectivity index (χ0) is 22.4. The van der Waals surface area contributed by atoms with Crippen LogP contribution in [0.1, 0.15) is 79.1 Å². The lowest BCUT2D eigenvalue weighted by Gasteiger charge is -2.35. The minimum Gasteiger partial charge on any atom is -0.868 e. The zero-order valence-corrected chi connectivity index (χ0v) is 18.2. The van der Waals surface area contributed by atoms with Gasteiger partial charge in [-0.05, 0) is 39.4 Å². The molecule has 0 amide bonds. The van der Waals surface area contributed by atoms with Crippen LogP contribution in [0.4, 0.5) is 22.0 Å². The first-order valence-electron chi connectivity index (χ1n) is 10.7. The largest absolute Gasteiger partial charge is 0.868 e. The van der Waals surface area contributed by atoms with Crippen molar-refractivity contribution in [1.82, 2.24) is 0 Å². The summed E-state index contributed by atoms with van der Waals surface area (Å²) in [6.07, 6.45) is 11.5. The van der Waals surface area contributed by atoms with E-state index in [1.165, 1.54) is 82.0 Å². The number of halogens is 5. The van der Waals surface area contributed by atoms with E-state index in [2.05, 4.69) is 27.7 Å². The number of hydrogen-bond acceptors (Lipinski definition) is 1. The van der Waals surface area contributed by atoms with Gasteiger partial charge in [0.2, 0.25) is 0 Å². The SMILES string of the molecule is CCCCCCCCCC[N+](CC)(CC)CC.[O-]c1c(F)c(F)c(F)c(F)c1F. The Labute approximate surface area is 172 Å². The lowest BCUT2D eigenvalue weighted by Crippen LogP contribution is -2.48. The molecular weight excluding hydrogens is 389 g/mol. The van der Waals surface area contributed by atoms with Crippen molar-refractivity contribution in [1.29, 1.82) is 0 Å². The molecule has 0 aliphatic heterocycles. The van der Waals surface area contributed by atoms with Crippen LogP contribution in [0.5, 0.6) is 5.75 Å². The number of unbranched alkanes of at least 4 members (excludes halogenated alkanes) is 7. The third kappa shape index (κ3) is 8.89. The van der Waals surface area contributed by atoms with Crippen LogP contribution >= 0.6 is 0 Å². The minimum atomic E-state index is -2.33. The molecule has 29 heavy (non-hydrogen) atoms. The van der Waals surface area contributed by atoms with Crippen molar-refractivity contribution in [3.63, 3.8) is 0 Å². The normalized spacial score (nSPS) is 11.3. The first-order valence-corrected chi connectivity index (χ1v) is 10.7. The highest BCUT2D eigenvalue weighted by molar-refractivity contribution is 5.26. The first kappa shape index (κ1) is 27.6. The molecule has 0 saturated heterocycles. The van der Waals surface area contributed by atoms with E-state index in [-0.39, 0.29) is 0 Å². The Morgan fingerprint density at radius 3 is 1.28 bits per heavy atom. The van der Waals surface area contributed by atoms with Crippen LogP contribution in [0.25, 0.3) is 0 Å². The Morgan fingerprint density at radius 2 is 0.897 bits per heavy atom. The van der Waals surface area contributed by atoms with Gasteiger partial charge in [-0.2, -0.15) is 0 Å². The summed E-state index contributed by atoms with van der Waals surface area (Å²) in [5, 5.41) is 10.2. The van der Waals surface area contributed by atoms with E-state index in [1.807, 2.05) is 0 Å². The Hall–Kier alpha value is -1.37. The predicted octanol–water partition coefficient (Wildman–Crippen LogP) is 6.46. The second kappa shape index (κ2) is 14.6. The average molecular weight is 426 g/mol. The highest BCUT2D eigenvalue weighted by atomic mass is 19.2. The summed E-state index contributed by atoms with van der Waals surface area (Å²) in [6, 6.07) is 0. The molecule has 0 saturated carbocycles.